The van der Waals surface area contributed by atoms with Gasteiger partial charge in [-0.2, -0.15) is 13.5 Å². The van der Waals surface area contributed by atoms with Gasteiger partial charge >= 0.3 is 0 Å². The van der Waals surface area contributed by atoms with Gasteiger partial charge in [0.05, 0.1) is 50.4 Å². The number of carbonyl (C=O) groups is 2. The molecule has 170 valence electrons. The number of benzene rings is 2. The van der Waals surface area contributed by atoms with E-state index in [1.807, 2.05) is 12.2 Å². The summed E-state index contributed by atoms with van der Waals surface area (Å²) in [5.74, 6) is -1.84. The second-order valence-corrected chi connectivity index (χ2v) is 10.6. The van der Waals surface area contributed by atoms with Crippen LogP contribution in [0.1, 0.15) is 12.5 Å². The quantitative estimate of drug-likeness (QED) is 0.291. The molecule has 8 nitrogen and oxygen atoms in total. The lowest BCUT2D eigenvalue weighted by Crippen LogP contribution is -2.38. The molecule has 4 atom stereocenters. The summed E-state index contributed by atoms with van der Waals surface area (Å²) < 4.78 is 30.9. The van der Waals surface area contributed by atoms with Gasteiger partial charge in [-0.05, 0) is 48.9 Å². The molecule has 2 amide bonds. The lowest BCUT2D eigenvalue weighted by molar-refractivity contribution is -0.126. The summed E-state index contributed by atoms with van der Waals surface area (Å²) in [7, 11) is -3.97. The summed E-state index contributed by atoms with van der Waals surface area (Å²) in [5, 5.41) is 4.44. The first-order valence-corrected chi connectivity index (χ1v) is 12.2. The zero-order valence-corrected chi connectivity index (χ0v) is 19.4. The monoisotopic (exact) mass is 505 g/mol. The Morgan fingerprint density at radius 1 is 1.09 bits per heavy atom. The number of nitrogens with zero attached hydrogens (tertiary/aromatic N) is 2. The van der Waals surface area contributed by atoms with Crippen LogP contribution in [0.4, 0.5) is 5.69 Å². The molecular weight excluding hydrogens is 489 g/mol. The number of halogens is 2. The number of sulfonamides is 1. The largest absolute Gasteiger partial charge is 0.362 e. The van der Waals surface area contributed by atoms with Gasteiger partial charge in [-0.15, -0.1) is 0 Å². The van der Waals surface area contributed by atoms with E-state index in [4.69, 9.17) is 27.9 Å². The minimum atomic E-state index is -3.97. The minimum Gasteiger partial charge on any atom is -0.362 e. The molecule has 1 N–H and O–H groups in total. The number of amides is 2. The first-order chi connectivity index (χ1) is 15.6. The summed E-state index contributed by atoms with van der Waals surface area (Å²) in [5.41, 5.74) is 0.0666. The van der Waals surface area contributed by atoms with Crippen molar-refractivity contribution in [2.24, 2.45) is 16.9 Å². The Morgan fingerprint density at radius 2 is 1.82 bits per heavy atom. The topological polar surface area (TPSA) is 105 Å². The number of rotatable bonds is 5. The highest BCUT2D eigenvalue weighted by molar-refractivity contribution is 7.89. The molecule has 33 heavy (non-hydrogen) atoms. The average molecular weight is 506 g/mol. The van der Waals surface area contributed by atoms with Gasteiger partial charge in [0.25, 0.3) is 10.0 Å². The molecule has 0 saturated carbocycles. The Bertz CT molecular complexity index is 1340. The molecule has 3 aliphatic rings. The third-order valence-corrected chi connectivity index (χ3v) is 8.04. The van der Waals surface area contributed by atoms with Crippen molar-refractivity contribution >= 4 is 56.9 Å². The molecule has 0 aromatic heterocycles. The van der Waals surface area contributed by atoms with Crippen molar-refractivity contribution in [2.75, 3.05) is 4.90 Å². The lowest BCUT2D eigenvalue weighted by atomic mass is 9.78. The van der Waals surface area contributed by atoms with Crippen molar-refractivity contribution in [3.63, 3.8) is 0 Å². The van der Waals surface area contributed by atoms with Crippen LogP contribution in [0.25, 0.3) is 0 Å². The molecule has 2 aromatic carbocycles. The average Bonchev–Trinajstić information content (AvgIpc) is 3.39. The predicted octanol–water partition coefficient (Wildman–Crippen LogP) is 3.14. The van der Waals surface area contributed by atoms with Crippen molar-refractivity contribution in [3.8, 4) is 0 Å². The van der Waals surface area contributed by atoms with E-state index in [1.54, 1.807) is 25.1 Å². The van der Waals surface area contributed by atoms with Crippen LogP contribution >= 0.6 is 23.2 Å². The van der Waals surface area contributed by atoms with Crippen molar-refractivity contribution in [2.45, 2.75) is 23.5 Å². The van der Waals surface area contributed by atoms with Gasteiger partial charge in [-0.1, -0.05) is 41.4 Å². The standard InChI is InChI=1S/C22H17Cl2N3O5S/c1-22-9-8-17(32-22)18-19(22)21(29)27(20(18)28)13-3-5-14(6-4-13)33(30,31)26-25-11-12-2-7-15(23)16(24)10-12/h2-11,17-19,26H,1H3/b25-11+. The van der Waals surface area contributed by atoms with Gasteiger partial charge in [0.15, 0.2) is 0 Å². The highest BCUT2D eigenvalue weighted by Gasteiger charge is 2.66. The zero-order valence-electron chi connectivity index (χ0n) is 17.1. The Labute approximate surface area is 199 Å². The second kappa shape index (κ2) is 7.66. The number of imide groups is 1. The number of anilines is 1. The van der Waals surface area contributed by atoms with Crippen LogP contribution < -0.4 is 9.73 Å². The predicted molar refractivity (Wildman–Crippen MR) is 123 cm³/mol. The summed E-state index contributed by atoms with van der Waals surface area (Å²) in [6, 6.07) is 10.2. The van der Waals surface area contributed by atoms with E-state index in [2.05, 4.69) is 9.93 Å². The van der Waals surface area contributed by atoms with E-state index in [9.17, 15) is 18.0 Å². The first-order valence-electron chi connectivity index (χ1n) is 9.96. The van der Waals surface area contributed by atoms with Gasteiger partial charge < -0.3 is 4.74 Å². The fourth-order valence-corrected chi connectivity index (χ4v) is 5.59. The van der Waals surface area contributed by atoms with Crippen LogP contribution in [0.5, 0.6) is 0 Å². The van der Waals surface area contributed by atoms with Gasteiger partial charge in [-0.3, -0.25) is 9.59 Å². The highest BCUT2D eigenvalue weighted by Crippen LogP contribution is 2.52. The fraction of sp³-hybridized carbons (Fsp3) is 0.227. The molecule has 3 heterocycles. The van der Waals surface area contributed by atoms with Crippen molar-refractivity contribution < 1.29 is 22.7 Å². The molecular formula is C22H17Cl2N3O5S. The molecule has 4 unspecified atom stereocenters. The number of ether oxygens (including phenoxy) is 1. The number of fused-ring (bicyclic) bond motifs is 5. The van der Waals surface area contributed by atoms with Gasteiger partial charge in [0.2, 0.25) is 11.8 Å². The third kappa shape index (κ3) is 3.56. The lowest BCUT2D eigenvalue weighted by Gasteiger charge is -2.24. The van der Waals surface area contributed by atoms with Crippen LogP contribution in [-0.4, -0.2) is 38.2 Å². The molecule has 3 aliphatic heterocycles. The van der Waals surface area contributed by atoms with E-state index in [-0.39, 0.29) is 16.7 Å². The smallest absolute Gasteiger partial charge is 0.276 e. The highest BCUT2D eigenvalue weighted by atomic mass is 35.5. The molecule has 2 bridgehead atoms. The van der Waals surface area contributed by atoms with Crippen molar-refractivity contribution in [3.05, 3.63) is 70.2 Å². The van der Waals surface area contributed by atoms with Crippen molar-refractivity contribution in [1.82, 2.24) is 4.83 Å². The Balaban J connectivity index is 1.32. The molecule has 0 radical (unpaired) electrons. The van der Waals surface area contributed by atoms with Crippen LogP contribution in [-0.2, 0) is 24.3 Å². The molecule has 2 aromatic rings. The molecule has 5 rings (SSSR count). The SMILES string of the molecule is CC12C=CC(O1)C1C(=O)N(c3ccc(S(=O)(=O)N/N=C/c4ccc(Cl)c(Cl)c4)cc3)C(=O)C12. The van der Waals surface area contributed by atoms with Crippen molar-refractivity contribution in [1.29, 1.82) is 0 Å². The van der Waals surface area contributed by atoms with Gasteiger partial charge in [0.1, 0.15) is 0 Å². The van der Waals surface area contributed by atoms with E-state index in [1.165, 1.54) is 30.5 Å². The number of carbonyl (C=O) groups excluding carboxylic acids is 2. The normalized spacial score (nSPS) is 28.2. The number of hydrazone groups is 1. The summed E-state index contributed by atoms with van der Waals surface area (Å²) in [6.45, 7) is 1.79. The second-order valence-electron chi connectivity index (χ2n) is 8.16. The van der Waals surface area contributed by atoms with Gasteiger partial charge in [-0.25, -0.2) is 9.73 Å². The Hall–Kier alpha value is -2.72. The maximum atomic E-state index is 13.0. The Kier molecular flexibility index (Phi) is 5.13. The molecule has 0 aliphatic carbocycles. The maximum Gasteiger partial charge on any atom is 0.276 e. The van der Waals surface area contributed by atoms with E-state index >= 15 is 0 Å². The summed E-state index contributed by atoms with van der Waals surface area (Å²) in [4.78, 5) is 29.1. The minimum absolute atomic E-state index is 0.0751. The van der Waals surface area contributed by atoms with Crippen LogP contribution in [0.3, 0.4) is 0 Å². The van der Waals surface area contributed by atoms with Crippen LogP contribution in [0, 0.1) is 11.8 Å². The summed E-state index contributed by atoms with van der Waals surface area (Å²) in [6.07, 6.45) is 4.52. The van der Waals surface area contributed by atoms with E-state index < -0.39 is 33.6 Å². The third-order valence-electron chi connectivity index (χ3n) is 6.06. The van der Waals surface area contributed by atoms with E-state index in [0.717, 1.165) is 4.90 Å². The molecule has 0 spiro atoms. The maximum absolute atomic E-state index is 13.0. The van der Waals surface area contributed by atoms with Crippen LogP contribution in [0.2, 0.25) is 10.0 Å². The number of nitrogens with one attached hydrogen (secondary N) is 1. The molecule has 2 saturated heterocycles. The fourth-order valence-electron chi connectivity index (χ4n) is 4.50. The Morgan fingerprint density at radius 3 is 2.48 bits per heavy atom. The van der Waals surface area contributed by atoms with Crippen LogP contribution in [0.15, 0.2) is 64.6 Å². The first kappa shape index (κ1) is 22.1. The van der Waals surface area contributed by atoms with Gasteiger partial charge in [0, 0.05) is 0 Å². The number of hydrogen-bond donors (Lipinski definition) is 1. The zero-order chi connectivity index (χ0) is 23.5. The van der Waals surface area contributed by atoms with E-state index in [0.29, 0.717) is 21.3 Å². The molecule has 11 heteroatoms. The summed E-state index contributed by atoms with van der Waals surface area (Å²) >= 11 is 11.8. The number of hydrogen-bond acceptors (Lipinski definition) is 6. The molecule has 2 fully saturated rings.